The quantitative estimate of drug-likeness (QED) is 0.872. The Kier molecular flexibility index (Phi) is 4.57. The van der Waals surface area contributed by atoms with Crippen molar-refractivity contribution in [3.05, 3.63) is 59.8 Å². The van der Waals surface area contributed by atoms with Crippen molar-refractivity contribution in [1.29, 1.82) is 0 Å². The topological polar surface area (TPSA) is 62.7 Å². The van der Waals surface area contributed by atoms with Crippen molar-refractivity contribution in [3.63, 3.8) is 0 Å². The summed E-state index contributed by atoms with van der Waals surface area (Å²) in [6.07, 6.45) is 9.84. The number of aliphatic imine (C=N–C) groups is 1. The van der Waals surface area contributed by atoms with Crippen molar-refractivity contribution in [2.75, 3.05) is 11.9 Å². The fourth-order valence-electron chi connectivity index (χ4n) is 2.56. The molecule has 0 fully saturated rings. The molecule has 3 rings (SSSR count). The smallest absolute Gasteiger partial charge is 0.413 e. The van der Waals surface area contributed by atoms with Gasteiger partial charge in [-0.3, -0.25) is 5.32 Å². The molecule has 0 saturated heterocycles. The van der Waals surface area contributed by atoms with Gasteiger partial charge in [0.15, 0.2) is 0 Å². The maximum Gasteiger partial charge on any atom is 0.413 e. The third kappa shape index (κ3) is 3.51. The standard InChI is InChI=1S/C18H19N3O2/c1-2-23-18(22)21-17-19-12-15(13-8-4-3-5-9-13)14-10-6-7-11-16(14)20-17/h4,6-12H,2-3,5H2,1H3,(H2,19,20,21,22). The fraction of sp³-hybridized carbons (Fsp3) is 0.222. The lowest BCUT2D eigenvalue weighted by molar-refractivity contribution is 0.158. The van der Waals surface area contributed by atoms with Crippen LogP contribution in [0, 0.1) is 0 Å². The van der Waals surface area contributed by atoms with Gasteiger partial charge in [0.25, 0.3) is 0 Å². The molecule has 0 radical (unpaired) electrons. The molecule has 23 heavy (non-hydrogen) atoms. The molecule has 1 heterocycles. The van der Waals surface area contributed by atoms with Crippen LogP contribution in [0.15, 0.2) is 59.3 Å². The molecule has 5 nitrogen and oxygen atoms in total. The van der Waals surface area contributed by atoms with Crippen molar-refractivity contribution in [2.45, 2.75) is 19.8 Å². The molecule has 1 aliphatic carbocycles. The van der Waals surface area contributed by atoms with Crippen LogP contribution in [0.5, 0.6) is 0 Å². The van der Waals surface area contributed by atoms with E-state index in [0.717, 1.165) is 35.2 Å². The Balaban J connectivity index is 1.95. The first kappa shape index (κ1) is 15.1. The monoisotopic (exact) mass is 309 g/mol. The summed E-state index contributed by atoms with van der Waals surface area (Å²) in [5, 5.41) is 5.77. The summed E-state index contributed by atoms with van der Waals surface area (Å²) < 4.78 is 4.90. The summed E-state index contributed by atoms with van der Waals surface area (Å²) in [6.45, 7) is 2.07. The predicted molar refractivity (Wildman–Crippen MR) is 92.1 cm³/mol. The molecule has 1 amide bonds. The number of hydrogen-bond acceptors (Lipinski definition) is 4. The average molecular weight is 309 g/mol. The van der Waals surface area contributed by atoms with Gasteiger partial charge in [-0.2, -0.15) is 0 Å². The van der Waals surface area contributed by atoms with E-state index in [1.165, 1.54) is 0 Å². The van der Waals surface area contributed by atoms with E-state index in [0.29, 0.717) is 12.6 Å². The summed E-state index contributed by atoms with van der Waals surface area (Å²) in [5.74, 6) is 0.353. The molecule has 0 aromatic heterocycles. The molecule has 0 atom stereocenters. The first-order chi connectivity index (χ1) is 11.3. The molecular formula is C18H19N3O2. The number of carbonyl (C=O) groups is 1. The molecule has 2 aliphatic rings. The minimum atomic E-state index is -0.523. The lowest BCUT2D eigenvalue weighted by atomic mass is 9.93. The number of fused-ring (bicyclic) bond motifs is 1. The highest BCUT2D eigenvalue weighted by Crippen LogP contribution is 2.33. The van der Waals surface area contributed by atoms with Crippen LogP contribution in [0.25, 0.3) is 5.57 Å². The van der Waals surface area contributed by atoms with Gasteiger partial charge in [0, 0.05) is 23.0 Å². The second-order valence-electron chi connectivity index (χ2n) is 5.18. The minimum Gasteiger partial charge on any atom is -0.450 e. The van der Waals surface area contributed by atoms with Crippen molar-refractivity contribution < 1.29 is 9.53 Å². The van der Waals surface area contributed by atoms with E-state index < -0.39 is 6.09 Å². The molecule has 5 heteroatoms. The zero-order valence-electron chi connectivity index (χ0n) is 13.0. The second kappa shape index (κ2) is 6.96. The van der Waals surface area contributed by atoms with E-state index in [9.17, 15) is 4.79 Å². The number of guanidine groups is 1. The van der Waals surface area contributed by atoms with Crippen LogP contribution in [-0.2, 0) is 4.74 Å². The summed E-state index contributed by atoms with van der Waals surface area (Å²) in [4.78, 5) is 16.0. The van der Waals surface area contributed by atoms with Gasteiger partial charge in [-0.25, -0.2) is 9.79 Å². The number of para-hydroxylation sites is 1. The van der Waals surface area contributed by atoms with E-state index in [1.54, 1.807) is 13.1 Å². The van der Waals surface area contributed by atoms with Crippen LogP contribution >= 0.6 is 0 Å². The molecular weight excluding hydrogens is 290 g/mol. The Morgan fingerprint density at radius 2 is 2.22 bits per heavy atom. The molecule has 1 aliphatic heterocycles. The number of nitrogens with one attached hydrogen (secondary N) is 2. The Labute approximate surface area is 135 Å². The van der Waals surface area contributed by atoms with Crippen LogP contribution in [0.4, 0.5) is 10.5 Å². The number of ether oxygens (including phenoxy) is 1. The molecule has 118 valence electrons. The third-order valence-corrected chi connectivity index (χ3v) is 3.59. The summed E-state index contributed by atoms with van der Waals surface area (Å²) in [7, 11) is 0. The van der Waals surface area contributed by atoms with Crippen LogP contribution in [0.1, 0.15) is 25.3 Å². The number of anilines is 1. The number of amides is 1. The highest BCUT2D eigenvalue weighted by atomic mass is 16.5. The molecule has 0 unspecified atom stereocenters. The van der Waals surface area contributed by atoms with Crippen molar-refractivity contribution in [2.24, 2.45) is 4.99 Å². The van der Waals surface area contributed by atoms with Crippen LogP contribution in [-0.4, -0.2) is 18.7 Å². The number of benzene rings is 1. The molecule has 0 bridgehead atoms. The Bertz CT molecular complexity index is 730. The summed E-state index contributed by atoms with van der Waals surface area (Å²) in [5.41, 5.74) is 4.12. The van der Waals surface area contributed by atoms with Crippen LogP contribution in [0.2, 0.25) is 0 Å². The van der Waals surface area contributed by atoms with E-state index in [2.05, 4.69) is 33.9 Å². The number of allylic oxidation sites excluding steroid dienone is 5. The van der Waals surface area contributed by atoms with E-state index >= 15 is 0 Å². The summed E-state index contributed by atoms with van der Waals surface area (Å²) in [6, 6.07) is 7.94. The number of carbonyl (C=O) groups excluding carboxylic acids is 1. The van der Waals surface area contributed by atoms with E-state index in [1.807, 2.05) is 24.3 Å². The maximum absolute atomic E-state index is 11.6. The predicted octanol–water partition coefficient (Wildman–Crippen LogP) is 3.83. The van der Waals surface area contributed by atoms with Crippen molar-refractivity contribution >= 4 is 23.3 Å². The fourth-order valence-corrected chi connectivity index (χ4v) is 2.56. The third-order valence-electron chi connectivity index (χ3n) is 3.59. The Morgan fingerprint density at radius 3 is 3.00 bits per heavy atom. The normalized spacial score (nSPS) is 16.1. The molecule has 0 saturated carbocycles. The number of hydrogen-bond donors (Lipinski definition) is 2. The van der Waals surface area contributed by atoms with E-state index in [-0.39, 0.29) is 0 Å². The van der Waals surface area contributed by atoms with Gasteiger partial charge in [-0.1, -0.05) is 36.4 Å². The highest BCUT2D eigenvalue weighted by molar-refractivity contribution is 6.06. The number of nitrogens with zero attached hydrogens (tertiary/aromatic N) is 1. The van der Waals surface area contributed by atoms with Crippen molar-refractivity contribution in [3.8, 4) is 0 Å². The van der Waals surface area contributed by atoms with Gasteiger partial charge >= 0.3 is 6.09 Å². The second-order valence-corrected chi connectivity index (χ2v) is 5.18. The minimum absolute atomic E-state index is 0.314. The van der Waals surface area contributed by atoms with Crippen LogP contribution < -0.4 is 10.6 Å². The SMILES string of the molecule is CCOC(=O)NC1=NC=C(C2=CCCC=C2)c2ccccc2N1. The number of alkyl carbamates (subject to hydrolysis) is 1. The number of rotatable bonds is 2. The highest BCUT2D eigenvalue weighted by Gasteiger charge is 2.17. The van der Waals surface area contributed by atoms with Gasteiger partial charge in [-0.05, 0) is 31.4 Å². The van der Waals surface area contributed by atoms with Crippen molar-refractivity contribution in [1.82, 2.24) is 5.32 Å². The zero-order chi connectivity index (χ0) is 16.1. The lowest BCUT2D eigenvalue weighted by Gasteiger charge is -2.14. The molecule has 0 spiro atoms. The Hall–Kier alpha value is -2.82. The first-order valence-electron chi connectivity index (χ1n) is 7.73. The average Bonchev–Trinajstić information content (AvgIpc) is 2.75. The lowest BCUT2D eigenvalue weighted by Crippen LogP contribution is -2.36. The zero-order valence-corrected chi connectivity index (χ0v) is 13.0. The van der Waals surface area contributed by atoms with Gasteiger partial charge in [-0.15, -0.1) is 0 Å². The largest absolute Gasteiger partial charge is 0.450 e. The van der Waals surface area contributed by atoms with Gasteiger partial charge < -0.3 is 10.1 Å². The first-order valence-corrected chi connectivity index (χ1v) is 7.73. The van der Waals surface area contributed by atoms with Gasteiger partial charge in [0.2, 0.25) is 5.96 Å². The summed E-state index contributed by atoms with van der Waals surface area (Å²) >= 11 is 0. The maximum atomic E-state index is 11.6. The molecule has 1 aromatic rings. The molecule has 2 N–H and O–H groups in total. The van der Waals surface area contributed by atoms with Crippen LogP contribution in [0.3, 0.4) is 0 Å². The van der Waals surface area contributed by atoms with E-state index in [4.69, 9.17) is 4.74 Å². The van der Waals surface area contributed by atoms with Gasteiger partial charge in [0.05, 0.1) is 6.61 Å². The molecule has 1 aromatic carbocycles. The Morgan fingerprint density at radius 1 is 1.35 bits per heavy atom. The van der Waals surface area contributed by atoms with Gasteiger partial charge in [0.1, 0.15) is 0 Å².